The standard InChI is InChI=1S/C18H24N2O5/c1-18(2,17(23)24)19-16(22)13-7-6-10-20(11-13)15(21)12-25-14-8-4-3-5-9-14/h3-5,8-9,13H,6-7,10-12H2,1-2H3,(H,19,22)(H,23,24). The second-order valence-electron chi connectivity index (χ2n) is 6.70. The van der Waals surface area contributed by atoms with Gasteiger partial charge in [-0.05, 0) is 38.8 Å². The fourth-order valence-corrected chi connectivity index (χ4v) is 2.63. The third kappa shape index (κ3) is 5.20. The summed E-state index contributed by atoms with van der Waals surface area (Å²) in [5.74, 6) is -1.41. The Morgan fingerprint density at radius 3 is 2.60 bits per heavy atom. The predicted molar refractivity (Wildman–Crippen MR) is 91.1 cm³/mol. The molecule has 1 atom stereocenters. The maximum atomic E-state index is 12.3. The molecule has 0 bridgehead atoms. The van der Waals surface area contributed by atoms with Crippen LogP contribution in [0.15, 0.2) is 30.3 Å². The molecule has 1 aromatic carbocycles. The van der Waals surface area contributed by atoms with E-state index in [-0.39, 0.29) is 25.0 Å². The Balaban J connectivity index is 1.88. The van der Waals surface area contributed by atoms with Crippen molar-refractivity contribution in [3.05, 3.63) is 30.3 Å². The van der Waals surface area contributed by atoms with Gasteiger partial charge in [-0.3, -0.25) is 9.59 Å². The summed E-state index contributed by atoms with van der Waals surface area (Å²) in [5.41, 5.74) is -1.33. The fourth-order valence-electron chi connectivity index (χ4n) is 2.63. The average Bonchev–Trinajstić information content (AvgIpc) is 2.60. The molecule has 2 amide bonds. The van der Waals surface area contributed by atoms with Gasteiger partial charge in [0, 0.05) is 13.1 Å². The molecule has 0 aromatic heterocycles. The van der Waals surface area contributed by atoms with Crippen molar-refractivity contribution < 1.29 is 24.2 Å². The first-order valence-electron chi connectivity index (χ1n) is 8.30. The molecule has 2 N–H and O–H groups in total. The van der Waals surface area contributed by atoms with Crippen LogP contribution in [0.4, 0.5) is 0 Å². The molecule has 0 saturated carbocycles. The van der Waals surface area contributed by atoms with E-state index in [0.717, 1.165) is 0 Å². The van der Waals surface area contributed by atoms with Crippen molar-refractivity contribution in [2.24, 2.45) is 5.92 Å². The summed E-state index contributed by atoms with van der Waals surface area (Å²) in [6.07, 6.45) is 1.33. The lowest BCUT2D eigenvalue weighted by atomic mass is 9.95. The van der Waals surface area contributed by atoms with Gasteiger partial charge < -0.3 is 20.1 Å². The number of hydrogen-bond donors (Lipinski definition) is 2. The van der Waals surface area contributed by atoms with E-state index in [9.17, 15) is 14.4 Å². The number of hydrogen-bond acceptors (Lipinski definition) is 4. The SMILES string of the molecule is CC(C)(NC(=O)C1CCCN(C(=O)COc2ccccc2)C1)C(=O)O. The maximum absolute atomic E-state index is 12.3. The number of piperidine rings is 1. The first kappa shape index (κ1) is 18.8. The smallest absolute Gasteiger partial charge is 0.328 e. The second-order valence-corrected chi connectivity index (χ2v) is 6.70. The number of amides is 2. The Morgan fingerprint density at radius 2 is 1.96 bits per heavy atom. The minimum atomic E-state index is -1.33. The molecule has 1 aliphatic heterocycles. The van der Waals surface area contributed by atoms with E-state index in [1.165, 1.54) is 13.8 Å². The summed E-state index contributed by atoms with van der Waals surface area (Å²) < 4.78 is 5.46. The lowest BCUT2D eigenvalue weighted by Gasteiger charge is -2.33. The highest BCUT2D eigenvalue weighted by molar-refractivity contribution is 5.88. The van der Waals surface area contributed by atoms with Crippen molar-refractivity contribution >= 4 is 17.8 Å². The van der Waals surface area contributed by atoms with Gasteiger partial charge in [0.25, 0.3) is 5.91 Å². The van der Waals surface area contributed by atoms with Crippen LogP contribution in [0.2, 0.25) is 0 Å². The number of benzene rings is 1. The fraction of sp³-hybridized carbons (Fsp3) is 0.500. The number of carboxylic acids is 1. The molecule has 7 heteroatoms. The molecule has 1 fully saturated rings. The van der Waals surface area contributed by atoms with Crippen LogP contribution in [-0.2, 0) is 14.4 Å². The summed E-state index contributed by atoms with van der Waals surface area (Å²) in [7, 11) is 0. The van der Waals surface area contributed by atoms with Crippen molar-refractivity contribution in [2.45, 2.75) is 32.2 Å². The molecule has 0 aliphatic carbocycles. The summed E-state index contributed by atoms with van der Waals surface area (Å²) in [4.78, 5) is 37.4. The van der Waals surface area contributed by atoms with Crippen LogP contribution in [0.5, 0.6) is 5.75 Å². The summed E-state index contributed by atoms with van der Waals surface area (Å²) in [6, 6.07) is 9.05. The first-order valence-corrected chi connectivity index (χ1v) is 8.30. The molecule has 25 heavy (non-hydrogen) atoms. The van der Waals surface area contributed by atoms with Crippen LogP contribution in [0, 0.1) is 5.92 Å². The van der Waals surface area contributed by atoms with Gasteiger partial charge in [-0.1, -0.05) is 18.2 Å². The van der Waals surface area contributed by atoms with Crippen LogP contribution in [-0.4, -0.2) is 53.0 Å². The number of aliphatic carboxylic acids is 1. The van der Waals surface area contributed by atoms with Crippen LogP contribution < -0.4 is 10.1 Å². The van der Waals surface area contributed by atoms with Crippen molar-refractivity contribution in [1.82, 2.24) is 10.2 Å². The zero-order chi connectivity index (χ0) is 18.4. The monoisotopic (exact) mass is 348 g/mol. The van der Waals surface area contributed by atoms with Crippen LogP contribution in [0.1, 0.15) is 26.7 Å². The Hall–Kier alpha value is -2.57. The molecule has 2 rings (SSSR count). The van der Waals surface area contributed by atoms with Crippen molar-refractivity contribution in [3.63, 3.8) is 0 Å². The Labute approximate surface area is 147 Å². The molecule has 0 radical (unpaired) electrons. The lowest BCUT2D eigenvalue weighted by Crippen LogP contribution is -2.54. The number of carbonyl (C=O) groups is 3. The van der Waals surface area contributed by atoms with E-state index in [2.05, 4.69) is 5.32 Å². The number of carbonyl (C=O) groups excluding carboxylic acids is 2. The number of rotatable bonds is 6. The molecule has 1 saturated heterocycles. The molecular formula is C18H24N2O5. The van der Waals surface area contributed by atoms with E-state index >= 15 is 0 Å². The number of carboxylic acid groups (broad SMARTS) is 1. The quantitative estimate of drug-likeness (QED) is 0.807. The minimum absolute atomic E-state index is 0.0844. The first-order chi connectivity index (χ1) is 11.8. The van der Waals surface area contributed by atoms with Gasteiger partial charge in [-0.2, -0.15) is 0 Å². The van der Waals surface area contributed by atoms with E-state index in [1.807, 2.05) is 18.2 Å². The lowest BCUT2D eigenvalue weighted by molar-refractivity contribution is -0.147. The average molecular weight is 348 g/mol. The van der Waals surface area contributed by atoms with E-state index in [4.69, 9.17) is 9.84 Å². The highest BCUT2D eigenvalue weighted by Gasteiger charge is 2.34. The van der Waals surface area contributed by atoms with E-state index in [0.29, 0.717) is 25.1 Å². The molecule has 0 spiro atoms. The van der Waals surface area contributed by atoms with Crippen LogP contribution >= 0.6 is 0 Å². The summed E-state index contributed by atoms with van der Waals surface area (Å²) in [5, 5.41) is 11.6. The van der Waals surface area contributed by atoms with E-state index in [1.54, 1.807) is 17.0 Å². The largest absolute Gasteiger partial charge is 0.484 e. The van der Waals surface area contributed by atoms with Gasteiger partial charge in [0.15, 0.2) is 6.61 Å². The number of likely N-dealkylation sites (tertiary alicyclic amines) is 1. The van der Waals surface area contributed by atoms with Gasteiger partial charge in [0.2, 0.25) is 5.91 Å². The number of nitrogens with one attached hydrogen (secondary N) is 1. The second kappa shape index (κ2) is 8.00. The predicted octanol–water partition coefficient (Wildman–Crippen LogP) is 1.28. The van der Waals surface area contributed by atoms with Gasteiger partial charge in [-0.25, -0.2) is 4.79 Å². The molecule has 1 heterocycles. The van der Waals surface area contributed by atoms with E-state index < -0.39 is 17.4 Å². The third-order valence-electron chi connectivity index (χ3n) is 4.22. The van der Waals surface area contributed by atoms with Crippen LogP contribution in [0.25, 0.3) is 0 Å². The van der Waals surface area contributed by atoms with Crippen molar-refractivity contribution in [3.8, 4) is 5.75 Å². The topological polar surface area (TPSA) is 95.9 Å². The zero-order valence-corrected chi connectivity index (χ0v) is 14.5. The Kier molecular flexibility index (Phi) is 6.01. The third-order valence-corrected chi connectivity index (χ3v) is 4.22. The molecular weight excluding hydrogens is 324 g/mol. The van der Waals surface area contributed by atoms with Crippen molar-refractivity contribution in [2.75, 3.05) is 19.7 Å². The van der Waals surface area contributed by atoms with Crippen LogP contribution in [0.3, 0.4) is 0 Å². The van der Waals surface area contributed by atoms with Crippen molar-refractivity contribution in [1.29, 1.82) is 0 Å². The number of ether oxygens (including phenoxy) is 1. The normalized spacial score (nSPS) is 17.7. The Bertz CT molecular complexity index is 630. The molecule has 1 aromatic rings. The number of para-hydroxylation sites is 1. The summed E-state index contributed by atoms with van der Waals surface area (Å²) >= 11 is 0. The molecule has 7 nitrogen and oxygen atoms in total. The maximum Gasteiger partial charge on any atom is 0.328 e. The van der Waals surface area contributed by atoms with Gasteiger partial charge in [0.1, 0.15) is 11.3 Å². The summed E-state index contributed by atoms with van der Waals surface area (Å²) in [6.45, 7) is 3.64. The molecule has 136 valence electrons. The minimum Gasteiger partial charge on any atom is -0.484 e. The van der Waals surface area contributed by atoms with Gasteiger partial charge in [-0.15, -0.1) is 0 Å². The highest BCUT2D eigenvalue weighted by atomic mass is 16.5. The van der Waals surface area contributed by atoms with Gasteiger partial charge in [0.05, 0.1) is 5.92 Å². The van der Waals surface area contributed by atoms with Gasteiger partial charge >= 0.3 is 5.97 Å². The molecule has 1 aliphatic rings. The highest BCUT2D eigenvalue weighted by Crippen LogP contribution is 2.18. The zero-order valence-electron chi connectivity index (χ0n) is 14.5. The molecule has 1 unspecified atom stereocenters. The number of nitrogens with zero attached hydrogens (tertiary/aromatic N) is 1. The Morgan fingerprint density at radius 1 is 1.28 bits per heavy atom.